The summed E-state index contributed by atoms with van der Waals surface area (Å²) in [4.78, 5) is 12.8. The molecule has 1 aliphatic carbocycles. The number of H-pyrrole nitrogens is 1. The van der Waals surface area contributed by atoms with Crippen molar-refractivity contribution in [1.29, 1.82) is 0 Å². The zero-order valence-corrected chi connectivity index (χ0v) is 17.0. The van der Waals surface area contributed by atoms with Gasteiger partial charge in [0.1, 0.15) is 0 Å². The van der Waals surface area contributed by atoms with Gasteiger partial charge >= 0.3 is 0 Å². The molecular weight excluding hydrogens is 350 g/mol. The molecule has 2 heterocycles. The minimum atomic E-state index is -0.120. The lowest BCUT2D eigenvalue weighted by molar-refractivity contribution is 0.0927. The molecule has 0 saturated heterocycles. The van der Waals surface area contributed by atoms with Gasteiger partial charge in [0.15, 0.2) is 5.69 Å². The Labute approximate surface area is 165 Å². The number of benzene rings is 1. The first kappa shape index (κ1) is 18.5. The first-order chi connectivity index (χ1) is 13.5. The quantitative estimate of drug-likeness (QED) is 0.724. The van der Waals surface area contributed by atoms with E-state index in [1.54, 1.807) is 0 Å². The molecule has 6 heteroatoms. The summed E-state index contributed by atoms with van der Waals surface area (Å²) in [6.07, 6.45) is 5.65. The Morgan fingerprint density at radius 1 is 1.25 bits per heavy atom. The second-order valence-electron chi connectivity index (χ2n) is 7.75. The summed E-state index contributed by atoms with van der Waals surface area (Å²) in [5.41, 5.74) is 8.27. The van der Waals surface area contributed by atoms with E-state index >= 15 is 0 Å². The molecule has 0 spiro atoms. The summed E-state index contributed by atoms with van der Waals surface area (Å²) in [6, 6.07) is 6.44. The highest BCUT2D eigenvalue weighted by atomic mass is 16.2. The lowest BCUT2D eigenvalue weighted by Gasteiger charge is -2.24. The van der Waals surface area contributed by atoms with Gasteiger partial charge in [0.25, 0.3) is 5.91 Å². The SMILES string of the molecule is CCc1[nH]nc(C(=O)N[C@H]2CCCc3c2cnn3-c2cc(C)cc(C)c2)c1C. The number of amides is 1. The van der Waals surface area contributed by atoms with Crippen molar-refractivity contribution in [3.8, 4) is 5.69 Å². The van der Waals surface area contributed by atoms with Crippen molar-refractivity contribution < 1.29 is 4.79 Å². The van der Waals surface area contributed by atoms with Crippen LogP contribution in [0.15, 0.2) is 24.4 Å². The van der Waals surface area contributed by atoms with Crippen LogP contribution in [0.3, 0.4) is 0 Å². The van der Waals surface area contributed by atoms with Crippen LogP contribution in [0, 0.1) is 20.8 Å². The summed E-state index contributed by atoms with van der Waals surface area (Å²) < 4.78 is 2.03. The minimum Gasteiger partial charge on any atom is -0.344 e. The zero-order chi connectivity index (χ0) is 19.8. The lowest BCUT2D eigenvalue weighted by atomic mass is 9.92. The predicted molar refractivity (Wildman–Crippen MR) is 109 cm³/mol. The normalized spacial score (nSPS) is 16.1. The molecule has 1 aliphatic rings. The number of aromatic amines is 1. The second kappa shape index (κ2) is 7.26. The number of hydrogen-bond acceptors (Lipinski definition) is 3. The van der Waals surface area contributed by atoms with Gasteiger partial charge in [-0.15, -0.1) is 0 Å². The summed E-state index contributed by atoms with van der Waals surface area (Å²) in [5, 5.41) is 15.0. The Kier molecular flexibility index (Phi) is 4.79. The average Bonchev–Trinajstić information content (AvgIpc) is 3.25. The van der Waals surface area contributed by atoms with Gasteiger partial charge in [-0.25, -0.2) is 4.68 Å². The Morgan fingerprint density at radius 2 is 2.00 bits per heavy atom. The largest absolute Gasteiger partial charge is 0.344 e. The van der Waals surface area contributed by atoms with Crippen LogP contribution in [0.4, 0.5) is 0 Å². The minimum absolute atomic E-state index is 0.0305. The summed E-state index contributed by atoms with van der Waals surface area (Å²) >= 11 is 0. The van der Waals surface area contributed by atoms with E-state index in [1.165, 1.54) is 16.8 Å². The van der Waals surface area contributed by atoms with Gasteiger partial charge in [-0.1, -0.05) is 13.0 Å². The number of nitrogens with one attached hydrogen (secondary N) is 2. The van der Waals surface area contributed by atoms with Crippen LogP contribution >= 0.6 is 0 Å². The summed E-state index contributed by atoms with van der Waals surface area (Å²) in [5.74, 6) is -0.120. The summed E-state index contributed by atoms with van der Waals surface area (Å²) in [6.45, 7) is 8.21. The van der Waals surface area contributed by atoms with Crippen LogP contribution in [0.2, 0.25) is 0 Å². The van der Waals surface area contributed by atoms with E-state index in [2.05, 4.69) is 59.6 Å². The number of carbonyl (C=O) groups excluding carboxylic acids is 1. The number of carbonyl (C=O) groups is 1. The number of hydrogen-bond donors (Lipinski definition) is 2. The third-order valence-electron chi connectivity index (χ3n) is 5.62. The molecule has 4 rings (SSSR count). The molecule has 28 heavy (non-hydrogen) atoms. The van der Waals surface area contributed by atoms with Crippen molar-refractivity contribution in [2.45, 2.75) is 59.4 Å². The predicted octanol–water partition coefficient (Wildman–Crippen LogP) is 3.89. The fraction of sp³-hybridized carbons (Fsp3) is 0.409. The monoisotopic (exact) mass is 377 g/mol. The zero-order valence-electron chi connectivity index (χ0n) is 17.0. The molecule has 146 valence electrons. The Morgan fingerprint density at radius 3 is 2.68 bits per heavy atom. The molecular formula is C22H27N5O. The first-order valence-electron chi connectivity index (χ1n) is 9.98. The van der Waals surface area contributed by atoms with E-state index in [1.807, 2.05) is 17.8 Å². The molecule has 3 aromatic rings. The molecule has 1 amide bonds. The molecule has 0 radical (unpaired) electrons. The van der Waals surface area contributed by atoms with Gasteiger partial charge in [0.2, 0.25) is 0 Å². The molecule has 0 bridgehead atoms. The van der Waals surface area contributed by atoms with Gasteiger partial charge in [-0.05, 0) is 69.7 Å². The number of fused-ring (bicyclic) bond motifs is 1. The maximum atomic E-state index is 12.8. The van der Waals surface area contributed by atoms with Crippen molar-refractivity contribution in [2.75, 3.05) is 0 Å². The summed E-state index contributed by atoms with van der Waals surface area (Å²) in [7, 11) is 0. The molecule has 0 saturated carbocycles. The van der Waals surface area contributed by atoms with Crippen molar-refractivity contribution in [3.63, 3.8) is 0 Å². The van der Waals surface area contributed by atoms with E-state index in [0.29, 0.717) is 5.69 Å². The highest BCUT2D eigenvalue weighted by Crippen LogP contribution is 2.31. The topological polar surface area (TPSA) is 75.6 Å². The lowest BCUT2D eigenvalue weighted by Crippen LogP contribution is -2.31. The van der Waals surface area contributed by atoms with E-state index < -0.39 is 0 Å². The maximum absolute atomic E-state index is 12.8. The fourth-order valence-electron chi connectivity index (χ4n) is 4.23. The number of rotatable bonds is 4. The number of aryl methyl sites for hydroxylation is 3. The van der Waals surface area contributed by atoms with E-state index in [4.69, 9.17) is 0 Å². The number of aromatic nitrogens is 4. The van der Waals surface area contributed by atoms with E-state index in [9.17, 15) is 4.79 Å². The van der Waals surface area contributed by atoms with Crippen LogP contribution in [0.5, 0.6) is 0 Å². The van der Waals surface area contributed by atoms with Gasteiger partial charge in [0.05, 0.1) is 17.9 Å². The molecule has 0 unspecified atom stereocenters. The van der Waals surface area contributed by atoms with Crippen molar-refractivity contribution in [1.82, 2.24) is 25.3 Å². The Bertz CT molecular complexity index is 1010. The molecule has 6 nitrogen and oxygen atoms in total. The van der Waals surface area contributed by atoms with Gasteiger partial charge in [-0.2, -0.15) is 10.2 Å². The average molecular weight is 377 g/mol. The van der Waals surface area contributed by atoms with Crippen molar-refractivity contribution in [2.24, 2.45) is 0 Å². The molecule has 2 aromatic heterocycles. The Hall–Kier alpha value is -2.89. The van der Waals surface area contributed by atoms with Crippen LogP contribution in [0.1, 0.15) is 69.9 Å². The first-order valence-corrected chi connectivity index (χ1v) is 9.98. The smallest absolute Gasteiger partial charge is 0.272 e. The van der Waals surface area contributed by atoms with Gasteiger partial charge in [0, 0.05) is 22.5 Å². The van der Waals surface area contributed by atoms with Crippen LogP contribution < -0.4 is 5.32 Å². The van der Waals surface area contributed by atoms with Crippen molar-refractivity contribution in [3.05, 3.63) is 63.7 Å². The second-order valence-corrected chi connectivity index (χ2v) is 7.75. The molecule has 2 N–H and O–H groups in total. The molecule has 1 atom stereocenters. The fourth-order valence-corrected chi connectivity index (χ4v) is 4.23. The molecule has 0 fully saturated rings. The van der Waals surface area contributed by atoms with Crippen molar-refractivity contribution >= 4 is 5.91 Å². The van der Waals surface area contributed by atoms with Crippen LogP contribution in [-0.2, 0) is 12.8 Å². The van der Waals surface area contributed by atoms with E-state index in [-0.39, 0.29) is 11.9 Å². The van der Waals surface area contributed by atoms with E-state index in [0.717, 1.165) is 48.2 Å². The highest BCUT2D eigenvalue weighted by molar-refractivity contribution is 5.94. The maximum Gasteiger partial charge on any atom is 0.272 e. The molecule has 0 aliphatic heterocycles. The van der Waals surface area contributed by atoms with Crippen LogP contribution in [0.25, 0.3) is 5.69 Å². The third kappa shape index (κ3) is 3.23. The van der Waals surface area contributed by atoms with Gasteiger partial charge in [-0.3, -0.25) is 9.89 Å². The molecule has 1 aromatic carbocycles. The Balaban J connectivity index is 1.62. The van der Waals surface area contributed by atoms with Crippen LogP contribution in [-0.4, -0.2) is 25.9 Å². The number of nitrogens with zero attached hydrogens (tertiary/aromatic N) is 3. The standard InChI is InChI=1S/C22H27N5O/c1-5-18-15(4)21(26-25-18)22(28)24-19-7-6-8-20-17(19)12-23-27(20)16-10-13(2)9-14(3)11-16/h9-12,19H,5-8H2,1-4H3,(H,24,28)(H,25,26)/t19-/m0/s1. The highest BCUT2D eigenvalue weighted by Gasteiger charge is 2.27. The van der Waals surface area contributed by atoms with Gasteiger partial charge < -0.3 is 5.32 Å². The third-order valence-corrected chi connectivity index (χ3v) is 5.62.